The topological polar surface area (TPSA) is 121 Å². The number of H-pyrrole nitrogens is 2. The molecule has 9 nitrogen and oxygen atoms in total. The Morgan fingerprint density at radius 1 is 1.32 bits per heavy atom. The number of likely N-dealkylation sites (tertiary alicyclic amines) is 1. The van der Waals surface area contributed by atoms with Gasteiger partial charge < -0.3 is 14.6 Å². The summed E-state index contributed by atoms with van der Waals surface area (Å²) in [6.45, 7) is 0.822. The first kappa shape index (κ1) is 14.0. The molecule has 0 radical (unpaired) electrons. The number of carbonyl (C=O) groups is 1. The van der Waals surface area contributed by atoms with E-state index in [1.807, 2.05) is 4.98 Å². The van der Waals surface area contributed by atoms with E-state index in [9.17, 15) is 14.4 Å². The molecule has 1 saturated heterocycles. The van der Waals surface area contributed by atoms with Gasteiger partial charge in [-0.1, -0.05) is 0 Å². The van der Waals surface area contributed by atoms with Crippen LogP contribution in [0.2, 0.25) is 0 Å². The normalized spacial score (nSPS) is 17.5. The number of amides is 1. The molecule has 0 aliphatic carbocycles. The van der Waals surface area contributed by atoms with Crippen LogP contribution in [0.15, 0.2) is 34.2 Å². The molecule has 3 rings (SSSR count). The second kappa shape index (κ2) is 5.80. The maximum Gasteiger partial charge on any atom is 0.326 e. The zero-order valence-electron chi connectivity index (χ0n) is 11.5. The third-order valence-corrected chi connectivity index (χ3v) is 3.25. The number of aromatic nitrogens is 4. The monoisotopic (exact) mass is 303 g/mol. The summed E-state index contributed by atoms with van der Waals surface area (Å²) in [6.07, 6.45) is 5.00. The molecule has 1 amide bonds. The molecular formula is C13H13N5O4. The molecule has 114 valence electrons. The van der Waals surface area contributed by atoms with Gasteiger partial charge in [0.1, 0.15) is 11.8 Å². The Hall–Kier alpha value is -2.97. The van der Waals surface area contributed by atoms with Gasteiger partial charge in [-0.05, 0) is 0 Å². The van der Waals surface area contributed by atoms with E-state index in [0.29, 0.717) is 25.4 Å². The molecule has 0 unspecified atom stereocenters. The van der Waals surface area contributed by atoms with Crippen molar-refractivity contribution in [2.24, 2.45) is 0 Å². The second-order valence-electron chi connectivity index (χ2n) is 4.82. The van der Waals surface area contributed by atoms with Crippen LogP contribution in [0.1, 0.15) is 16.9 Å². The van der Waals surface area contributed by atoms with Crippen LogP contribution in [0.5, 0.6) is 5.88 Å². The number of nitrogens with one attached hydrogen (secondary N) is 2. The van der Waals surface area contributed by atoms with Gasteiger partial charge in [-0.2, -0.15) is 0 Å². The van der Waals surface area contributed by atoms with Crippen molar-refractivity contribution in [1.82, 2.24) is 24.8 Å². The van der Waals surface area contributed by atoms with Crippen molar-refractivity contribution in [2.75, 3.05) is 13.1 Å². The number of hydrogen-bond acceptors (Lipinski definition) is 6. The maximum absolute atomic E-state index is 12.3. The molecule has 1 atom stereocenters. The van der Waals surface area contributed by atoms with Crippen molar-refractivity contribution in [3.63, 3.8) is 0 Å². The van der Waals surface area contributed by atoms with Gasteiger partial charge in [0.2, 0.25) is 5.88 Å². The minimum atomic E-state index is -0.706. The fraction of sp³-hybridized carbons (Fsp3) is 0.308. The molecule has 1 aliphatic rings. The SMILES string of the molecule is O=C(c1cc(=O)[nH]c(=O)[nH]1)N1CC[C@@H](Oc2cnccn2)C1. The van der Waals surface area contributed by atoms with Crippen LogP contribution in [-0.4, -0.2) is 49.9 Å². The van der Waals surface area contributed by atoms with Gasteiger partial charge in [0.05, 0.1) is 12.7 Å². The lowest BCUT2D eigenvalue weighted by Gasteiger charge is -2.16. The first-order chi connectivity index (χ1) is 10.6. The van der Waals surface area contributed by atoms with Crippen LogP contribution in [0.4, 0.5) is 0 Å². The number of nitrogens with zero attached hydrogens (tertiary/aromatic N) is 3. The van der Waals surface area contributed by atoms with Crippen LogP contribution < -0.4 is 16.0 Å². The van der Waals surface area contributed by atoms with Crippen molar-refractivity contribution < 1.29 is 9.53 Å². The summed E-state index contributed by atoms with van der Waals surface area (Å²) >= 11 is 0. The van der Waals surface area contributed by atoms with E-state index in [-0.39, 0.29) is 11.8 Å². The van der Waals surface area contributed by atoms with Gasteiger partial charge in [-0.3, -0.25) is 19.6 Å². The average molecular weight is 303 g/mol. The molecule has 1 aliphatic heterocycles. The summed E-state index contributed by atoms with van der Waals surface area (Å²) < 4.78 is 5.63. The van der Waals surface area contributed by atoms with Gasteiger partial charge in [-0.15, -0.1) is 0 Å². The average Bonchev–Trinajstić information content (AvgIpc) is 2.95. The van der Waals surface area contributed by atoms with Crippen molar-refractivity contribution in [3.8, 4) is 5.88 Å². The number of rotatable bonds is 3. The predicted molar refractivity (Wildman–Crippen MR) is 74.7 cm³/mol. The lowest BCUT2D eigenvalue weighted by molar-refractivity contribution is 0.0764. The summed E-state index contributed by atoms with van der Waals surface area (Å²) in [5.74, 6) is -0.0141. The molecule has 1 fully saturated rings. The second-order valence-corrected chi connectivity index (χ2v) is 4.82. The molecular weight excluding hydrogens is 290 g/mol. The van der Waals surface area contributed by atoms with E-state index in [4.69, 9.17) is 4.74 Å². The molecule has 3 heterocycles. The largest absolute Gasteiger partial charge is 0.471 e. The molecule has 0 aromatic carbocycles. The van der Waals surface area contributed by atoms with E-state index in [0.717, 1.165) is 6.07 Å². The molecule has 2 aromatic heterocycles. The number of carbonyl (C=O) groups excluding carboxylic acids is 1. The molecule has 9 heteroatoms. The molecule has 2 aromatic rings. The fourth-order valence-electron chi connectivity index (χ4n) is 2.28. The fourth-order valence-corrected chi connectivity index (χ4v) is 2.28. The Kier molecular flexibility index (Phi) is 3.69. The summed E-state index contributed by atoms with van der Waals surface area (Å²) in [6, 6.07) is 1.07. The first-order valence-corrected chi connectivity index (χ1v) is 6.67. The zero-order chi connectivity index (χ0) is 15.5. The quantitative estimate of drug-likeness (QED) is 0.761. The Labute approximate surface area is 124 Å². The molecule has 2 N–H and O–H groups in total. The minimum Gasteiger partial charge on any atom is -0.471 e. The van der Waals surface area contributed by atoms with E-state index < -0.39 is 17.2 Å². The smallest absolute Gasteiger partial charge is 0.326 e. The molecule has 0 saturated carbocycles. The van der Waals surface area contributed by atoms with Crippen LogP contribution >= 0.6 is 0 Å². The lowest BCUT2D eigenvalue weighted by atomic mass is 10.3. The zero-order valence-corrected chi connectivity index (χ0v) is 11.5. The van der Waals surface area contributed by atoms with Gasteiger partial charge in [-0.25, -0.2) is 9.78 Å². The first-order valence-electron chi connectivity index (χ1n) is 6.67. The number of hydrogen-bond donors (Lipinski definition) is 2. The Morgan fingerprint density at radius 2 is 2.18 bits per heavy atom. The van der Waals surface area contributed by atoms with E-state index in [2.05, 4.69) is 15.0 Å². The highest BCUT2D eigenvalue weighted by molar-refractivity contribution is 5.92. The standard InChI is InChI=1S/C13H13N5O4/c19-10-5-9(16-13(21)17-10)12(20)18-4-1-8(7-18)22-11-6-14-2-3-15-11/h2-3,5-6,8H,1,4,7H2,(H2,16,17,19,21)/t8-/m1/s1. The summed E-state index contributed by atoms with van der Waals surface area (Å²) in [7, 11) is 0. The summed E-state index contributed by atoms with van der Waals surface area (Å²) in [5, 5.41) is 0. The highest BCUT2D eigenvalue weighted by Crippen LogP contribution is 2.16. The number of aromatic amines is 2. The summed E-state index contributed by atoms with van der Waals surface area (Å²) in [4.78, 5) is 48.5. The van der Waals surface area contributed by atoms with Crippen molar-refractivity contribution >= 4 is 5.91 Å². The highest BCUT2D eigenvalue weighted by atomic mass is 16.5. The van der Waals surface area contributed by atoms with Gasteiger partial charge in [0, 0.05) is 31.4 Å². The van der Waals surface area contributed by atoms with Gasteiger partial charge in [0.15, 0.2) is 0 Å². The predicted octanol–water partition coefficient (Wildman–Crippen LogP) is -0.853. The third-order valence-electron chi connectivity index (χ3n) is 3.25. The Morgan fingerprint density at radius 3 is 2.91 bits per heavy atom. The van der Waals surface area contributed by atoms with Crippen molar-refractivity contribution in [1.29, 1.82) is 0 Å². The van der Waals surface area contributed by atoms with Crippen LogP contribution in [0.3, 0.4) is 0 Å². The van der Waals surface area contributed by atoms with Crippen LogP contribution in [-0.2, 0) is 0 Å². The van der Waals surface area contributed by atoms with Crippen LogP contribution in [0, 0.1) is 0 Å². The third kappa shape index (κ3) is 3.03. The van der Waals surface area contributed by atoms with E-state index in [1.165, 1.54) is 17.3 Å². The number of ether oxygens (including phenoxy) is 1. The summed E-state index contributed by atoms with van der Waals surface area (Å²) in [5.41, 5.74) is -1.35. The van der Waals surface area contributed by atoms with Gasteiger partial charge in [0.25, 0.3) is 11.5 Å². The van der Waals surface area contributed by atoms with E-state index in [1.54, 1.807) is 6.20 Å². The van der Waals surface area contributed by atoms with Crippen molar-refractivity contribution in [2.45, 2.75) is 12.5 Å². The molecule has 0 bridgehead atoms. The van der Waals surface area contributed by atoms with Crippen LogP contribution in [0.25, 0.3) is 0 Å². The van der Waals surface area contributed by atoms with Crippen molar-refractivity contribution in [3.05, 3.63) is 51.2 Å². The van der Waals surface area contributed by atoms with E-state index >= 15 is 0 Å². The maximum atomic E-state index is 12.3. The highest BCUT2D eigenvalue weighted by Gasteiger charge is 2.29. The lowest BCUT2D eigenvalue weighted by Crippen LogP contribution is -2.34. The van der Waals surface area contributed by atoms with Gasteiger partial charge >= 0.3 is 5.69 Å². The minimum absolute atomic E-state index is 0.0334. The molecule has 0 spiro atoms. The Bertz CT molecular complexity index is 757. The Balaban J connectivity index is 1.68. The molecule has 22 heavy (non-hydrogen) atoms.